The lowest BCUT2D eigenvalue weighted by Gasteiger charge is -2.37. The smallest absolute Gasteiger partial charge is 0.213 e. The highest BCUT2D eigenvalue weighted by molar-refractivity contribution is 14.0. The molecular formula is C20H29IN6O2S. The summed E-state index contributed by atoms with van der Waals surface area (Å²) in [7, 11) is -1.64. The van der Waals surface area contributed by atoms with Gasteiger partial charge < -0.3 is 15.1 Å². The van der Waals surface area contributed by atoms with Gasteiger partial charge in [0.2, 0.25) is 10.0 Å². The summed E-state index contributed by atoms with van der Waals surface area (Å²) >= 11 is 0. The van der Waals surface area contributed by atoms with E-state index in [0.29, 0.717) is 13.1 Å². The first kappa shape index (κ1) is 24.4. The van der Waals surface area contributed by atoms with Crippen molar-refractivity contribution in [1.82, 2.24) is 19.9 Å². The lowest BCUT2D eigenvalue weighted by Crippen LogP contribution is -2.53. The third-order valence-electron chi connectivity index (χ3n) is 4.76. The number of nitrogens with zero attached hydrogens (tertiary/aromatic N) is 4. The first-order valence-corrected chi connectivity index (χ1v) is 11.4. The first-order valence-electron chi connectivity index (χ1n) is 9.70. The molecule has 8 nitrogen and oxygen atoms in total. The van der Waals surface area contributed by atoms with Gasteiger partial charge in [0.1, 0.15) is 5.82 Å². The van der Waals surface area contributed by atoms with E-state index in [4.69, 9.17) is 0 Å². The number of sulfonamides is 1. The van der Waals surface area contributed by atoms with Gasteiger partial charge in [-0.3, -0.25) is 4.99 Å². The van der Waals surface area contributed by atoms with Crippen LogP contribution in [-0.2, 0) is 16.6 Å². The molecule has 2 aromatic rings. The second kappa shape index (κ2) is 12.1. The summed E-state index contributed by atoms with van der Waals surface area (Å²) in [6, 6.07) is 15.4. The molecule has 0 bridgehead atoms. The van der Waals surface area contributed by atoms with E-state index < -0.39 is 10.0 Å². The van der Waals surface area contributed by atoms with Crippen molar-refractivity contribution < 1.29 is 8.42 Å². The van der Waals surface area contributed by atoms with Crippen molar-refractivity contribution in [3.05, 3.63) is 60.3 Å². The summed E-state index contributed by atoms with van der Waals surface area (Å²) < 4.78 is 27.1. The number of pyridine rings is 1. The normalized spacial score (nSPS) is 14.9. The molecule has 3 rings (SSSR count). The molecule has 1 fully saturated rings. The third kappa shape index (κ3) is 7.40. The maximum absolute atomic E-state index is 12.2. The summed E-state index contributed by atoms with van der Waals surface area (Å²) in [5, 5.41) is 3.17. The van der Waals surface area contributed by atoms with Crippen molar-refractivity contribution in [2.45, 2.75) is 6.54 Å². The van der Waals surface area contributed by atoms with Crippen molar-refractivity contribution in [1.29, 1.82) is 0 Å². The molecule has 1 aliphatic rings. The number of rotatable bonds is 7. The van der Waals surface area contributed by atoms with Crippen LogP contribution in [0.5, 0.6) is 0 Å². The van der Waals surface area contributed by atoms with Crippen LogP contribution in [0.4, 0.5) is 5.82 Å². The fourth-order valence-electron chi connectivity index (χ4n) is 3.18. The highest BCUT2D eigenvalue weighted by Crippen LogP contribution is 2.12. The minimum Gasteiger partial charge on any atom is -0.355 e. The van der Waals surface area contributed by atoms with Gasteiger partial charge in [-0.05, 0) is 17.7 Å². The monoisotopic (exact) mass is 544 g/mol. The van der Waals surface area contributed by atoms with Crippen LogP contribution >= 0.6 is 24.0 Å². The zero-order valence-electron chi connectivity index (χ0n) is 17.1. The Hall–Kier alpha value is -1.92. The molecule has 1 aliphatic heterocycles. The molecule has 0 amide bonds. The molecule has 0 spiro atoms. The molecule has 0 aliphatic carbocycles. The lowest BCUT2D eigenvalue weighted by molar-refractivity contribution is 0.372. The minimum absolute atomic E-state index is 0. The molecular weight excluding hydrogens is 515 g/mol. The van der Waals surface area contributed by atoms with E-state index in [1.807, 2.05) is 48.5 Å². The van der Waals surface area contributed by atoms with Crippen LogP contribution in [0, 0.1) is 0 Å². The maximum atomic E-state index is 12.2. The van der Waals surface area contributed by atoms with Gasteiger partial charge in [-0.15, -0.1) is 24.0 Å². The molecule has 2 heterocycles. The quantitative estimate of drug-likeness (QED) is 0.312. The Kier molecular flexibility index (Phi) is 9.79. The number of anilines is 1. The molecule has 10 heteroatoms. The zero-order chi connectivity index (χ0) is 20.5. The third-order valence-corrected chi connectivity index (χ3v) is 6.08. The number of aromatic nitrogens is 1. The number of piperazine rings is 1. The Morgan fingerprint density at radius 2 is 1.77 bits per heavy atom. The van der Waals surface area contributed by atoms with Gasteiger partial charge in [0.15, 0.2) is 5.96 Å². The van der Waals surface area contributed by atoms with E-state index in [-0.39, 0.29) is 29.7 Å². The number of nitrogens with one attached hydrogen (secondary N) is 2. The average molecular weight is 544 g/mol. The fraction of sp³-hybridized carbons (Fsp3) is 0.400. The van der Waals surface area contributed by atoms with E-state index in [1.165, 1.54) is 0 Å². The second-order valence-electron chi connectivity index (χ2n) is 6.76. The number of guanidine groups is 1. The molecule has 1 saturated heterocycles. The molecule has 0 atom stereocenters. The fourth-order valence-corrected chi connectivity index (χ4v) is 4.08. The molecule has 164 valence electrons. The SMILES string of the molecule is CN=C(NCCS(=O)(=O)NCc1ccccc1)N1CCN(c2ccccn2)CC1.I. The van der Waals surface area contributed by atoms with E-state index in [1.54, 1.807) is 13.2 Å². The van der Waals surface area contributed by atoms with Gasteiger partial charge in [0.05, 0.1) is 5.75 Å². The Bertz CT molecular complexity index is 888. The summed E-state index contributed by atoms with van der Waals surface area (Å²) in [5.74, 6) is 1.70. The van der Waals surface area contributed by atoms with Crippen LogP contribution in [0.2, 0.25) is 0 Å². The van der Waals surface area contributed by atoms with E-state index in [2.05, 4.69) is 29.8 Å². The number of hydrogen-bond donors (Lipinski definition) is 2. The van der Waals surface area contributed by atoms with Gasteiger partial charge in [0, 0.05) is 52.5 Å². The molecule has 2 N–H and O–H groups in total. The number of aliphatic imine (C=N–C) groups is 1. The highest BCUT2D eigenvalue weighted by atomic mass is 127. The van der Waals surface area contributed by atoms with Crippen molar-refractivity contribution in [3.8, 4) is 0 Å². The van der Waals surface area contributed by atoms with Crippen LogP contribution < -0.4 is 14.9 Å². The average Bonchev–Trinajstić information content (AvgIpc) is 2.77. The molecule has 30 heavy (non-hydrogen) atoms. The van der Waals surface area contributed by atoms with Crippen molar-refractivity contribution in [2.24, 2.45) is 4.99 Å². The Morgan fingerprint density at radius 1 is 1.07 bits per heavy atom. The summed E-state index contributed by atoms with van der Waals surface area (Å²) in [4.78, 5) is 13.1. The number of hydrogen-bond acceptors (Lipinski definition) is 5. The first-order chi connectivity index (χ1) is 14.1. The maximum Gasteiger partial charge on any atom is 0.213 e. The lowest BCUT2D eigenvalue weighted by atomic mass is 10.2. The van der Waals surface area contributed by atoms with Gasteiger partial charge in [0.25, 0.3) is 0 Å². The van der Waals surface area contributed by atoms with Gasteiger partial charge in [-0.2, -0.15) is 0 Å². The predicted molar refractivity (Wildman–Crippen MR) is 132 cm³/mol. The summed E-state index contributed by atoms with van der Waals surface area (Å²) in [5.41, 5.74) is 0.936. The van der Waals surface area contributed by atoms with E-state index >= 15 is 0 Å². The van der Waals surface area contributed by atoms with Gasteiger partial charge in [-0.25, -0.2) is 18.1 Å². The molecule has 1 aromatic heterocycles. The number of benzene rings is 1. The van der Waals surface area contributed by atoms with E-state index in [9.17, 15) is 8.42 Å². The number of halogens is 1. The van der Waals surface area contributed by atoms with Crippen LogP contribution in [0.3, 0.4) is 0 Å². The standard InChI is InChI=1S/C20H28N6O2S.HI/c1-21-20(26-14-12-25(13-15-26)19-9-5-6-10-22-19)23-11-16-29(27,28)24-17-18-7-3-2-4-8-18;/h2-10,24H,11-17H2,1H3,(H,21,23);1H. The minimum atomic E-state index is -3.36. The Morgan fingerprint density at radius 3 is 2.40 bits per heavy atom. The van der Waals surface area contributed by atoms with Crippen LogP contribution in [0.25, 0.3) is 0 Å². The van der Waals surface area contributed by atoms with Gasteiger partial charge >= 0.3 is 0 Å². The van der Waals surface area contributed by atoms with Crippen molar-refractivity contribution >= 4 is 45.8 Å². The van der Waals surface area contributed by atoms with Crippen molar-refractivity contribution in [3.63, 3.8) is 0 Å². The second-order valence-corrected chi connectivity index (χ2v) is 8.69. The molecule has 0 unspecified atom stereocenters. The summed E-state index contributed by atoms with van der Waals surface area (Å²) in [6.07, 6.45) is 1.80. The molecule has 0 radical (unpaired) electrons. The van der Waals surface area contributed by atoms with E-state index in [0.717, 1.165) is 43.5 Å². The zero-order valence-corrected chi connectivity index (χ0v) is 20.2. The molecule has 0 saturated carbocycles. The van der Waals surface area contributed by atoms with Crippen molar-refractivity contribution in [2.75, 3.05) is 50.4 Å². The van der Waals surface area contributed by atoms with Crippen LogP contribution in [0.1, 0.15) is 5.56 Å². The van der Waals surface area contributed by atoms with Gasteiger partial charge in [-0.1, -0.05) is 36.4 Å². The predicted octanol–water partition coefficient (Wildman–Crippen LogP) is 1.52. The topological polar surface area (TPSA) is 89.9 Å². The highest BCUT2D eigenvalue weighted by Gasteiger charge is 2.20. The Balaban J connectivity index is 0.00000320. The Labute approximate surface area is 195 Å². The van der Waals surface area contributed by atoms with Crippen LogP contribution in [0.15, 0.2) is 59.7 Å². The largest absolute Gasteiger partial charge is 0.355 e. The van der Waals surface area contributed by atoms with Crippen LogP contribution in [-0.4, -0.2) is 69.8 Å². The molecule has 1 aromatic carbocycles. The summed E-state index contributed by atoms with van der Waals surface area (Å²) in [6.45, 7) is 3.89.